The van der Waals surface area contributed by atoms with E-state index in [1.54, 1.807) is 0 Å². The Labute approximate surface area is 110 Å². The first kappa shape index (κ1) is 15.2. The summed E-state index contributed by atoms with van der Waals surface area (Å²) >= 11 is 0. The minimum absolute atomic E-state index is 0.154. The molecule has 0 aliphatic carbocycles. The van der Waals surface area contributed by atoms with Gasteiger partial charge in [0, 0.05) is 13.2 Å². The van der Waals surface area contributed by atoms with Gasteiger partial charge in [-0.1, -0.05) is 0 Å². The molecule has 8 nitrogen and oxygen atoms in total. The first-order valence-corrected chi connectivity index (χ1v) is 6.16. The highest BCUT2D eigenvalue weighted by Crippen LogP contribution is 2.14. The molecular formula is C11H19N3O5. The number of carbonyl (C=O) groups is 3. The zero-order chi connectivity index (χ0) is 14.3. The molecule has 0 aromatic heterocycles. The number of carboxylic acids is 1. The molecule has 1 aliphatic heterocycles. The lowest BCUT2D eigenvalue weighted by Gasteiger charge is -2.14. The zero-order valence-electron chi connectivity index (χ0n) is 10.6. The molecule has 1 heterocycles. The van der Waals surface area contributed by atoms with E-state index in [1.165, 1.54) is 0 Å². The summed E-state index contributed by atoms with van der Waals surface area (Å²) in [6, 6.07) is -1.94. The minimum atomic E-state index is -1.31. The molecule has 0 radical (unpaired) electrons. The van der Waals surface area contributed by atoms with Crippen LogP contribution in [0.15, 0.2) is 0 Å². The SMILES string of the molecule is NC(=O)C[C@H](NC(=O)NCCC1CCCO1)C(=O)O. The highest BCUT2D eigenvalue weighted by molar-refractivity contribution is 5.87. The van der Waals surface area contributed by atoms with Crippen LogP contribution in [0.1, 0.15) is 25.7 Å². The number of hydrogen-bond donors (Lipinski definition) is 4. The fraction of sp³-hybridized carbons (Fsp3) is 0.727. The molecule has 1 aliphatic rings. The summed E-state index contributed by atoms with van der Waals surface area (Å²) in [5, 5.41) is 13.5. The topological polar surface area (TPSA) is 131 Å². The third kappa shape index (κ3) is 6.05. The second-order valence-corrected chi connectivity index (χ2v) is 4.39. The summed E-state index contributed by atoms with van der Waals surface area (Å²) in [6.45, 7) is 1.13. The third-order valence-corrected chi connectivity index (χ3v) is 2.78. The Kier molecular flexibility index (Phi) is 6.07. The maximum Gasteiger partial charge on any atom is 0.326 e. The van der Waals surface area contributed by atoms with Crippen molar-refractivity contribution < 1.29 is 24.2 Å². The molecule has 1 saturated heterocycles. The van der Waals surface area contributed by atoms with Crippen LogP contribution in [0.5, 0.6) is 0 Å². The number of amides is 3. The maximum absolute atomic E-state index is 11.4. The Morgan fingerprint density at radius 1 is 1.42 bits per heavy atom. The number of primary amides is 1. The van der Waals surface area contributed by atoms with E-state index in [0.717, 1.165) is 19.4 Å². The lowest BCUT2D eigenvalue weighted by molar-refractivity contribution is -0.140. The van der Waals surface area contributed by atoms with Gasteiger partial charge in [-0.15, -0.1) is 0 Å². The molecule has 1 rings (SSSR count). The van der Waals surface area contributed by atoms with Crippen LogP contribution >= 0.6 is 0 Å². The van der Waals surface area contributed by atoms with E-state index in [0.29, 0.717) is 13.0 Å². The third-order valence-electron chi connectivity index (χ3n) is 2.78. The van der Waals surface area contributed by atoms with Crippen LogP contribution < -0.4 is 16.4 Å². The van der Waals surface area contributed by atoms with Gasteiger partial charge in [0.2, 0.25) is 5.91 Å². The van der Waals surface area contributed by atoms with Crippen LogP contribution in [0.2, 0.25) is 0 Å². The van der Waals surface area contributed by atoms with Crippen LogP contribution in [0.25, 0.3) is 0 Å². The van der Waals surface area contributed by atoms with Crippen LogP contribution in [0.3, 0.4) is 0 Å². The molecule has 5 N–H and O–H groups in total. The average molecular weight is 273 g/mol. The molecule has 0 bridgehead atoms. The van der Waals surface area contributed by atoms with Gasteiger partial charge < -0.3 is 26.2 Å². The lowest BCUT2D eigenvalue weighted by Crippen LogP contribution is -2.48. The van der Waals surface area contributed by atoms with Gasteiger partial charge in [0.05, 0.1) is 12.5 Å². The summed E-state index contributed by atoms with van der Waals surface area (Å²) in [7, 11) is 0. The van der Waals surface area contributed by atoms with E-state index in [2.05, 4.69) is 10.6 Å². The molecular weight excluding hydrogens is 254 g/mol. The predicted octanol–water partition coefficient (Wildman–Crippen LogP) is -0.817. The van der Waals surface area contributed by atoms with Crippen molar-refractivity contribution >= 4 is 17.9 Å². The van der Waals surface area contributed by atoms with Gasteiger partial charge in [0.1, 0.15) is 6.04 Å². The Hall–Kier alpha value is -1.83. The van der Waals surface area contributed by atoms with Crippen molar-refractivity contribution in [3.8, 4) is 0 Å². The number of urea groups is 1. The normalized spacial score (nSPS) is 19.7. The van der Waals surface area contributed by atoms with Crippen LogP contribution in [-0.2, 0) is 14.3 Å². The summed E-state index contributed by atoms with van der Waals surface area (Å²) < 4.78 is 5.38. The Morgan fingerprint density at radius 2 is 2.16 bits per heavy atom. The van der Waals surface area contributed by atoms with Crippen molar-refractivity contribution in [2.45, 2.75) is 37.8 Å². The van der Waals surface area contributed by atoms with Crippen molar-refractivity contribution in [3.05, 3.63) is 0 Å². The van der Waals surface area contributed by atoms with Crippen molar-refractivity contribution in [2.75, 3.05) is 13.2 Å². The number of nitrogens with one attached hydrogen (secondary N) is 2. The highest BCUT2D eigenvalue weighted by atomic mass is 16.5. The van der Waals surface area contributed by atoms with E-state index in [9.17, 15) is 14.4 Å². The van der Waals surface area contributed by atoms with Crippen molar-refractivity contribution in [1.82, 2.24) is 10.6 Å². The number of nitrogens with two attached hydrogens (primary N) is 1. The Balaban J connectivity index is 2.23. The van der Waals surface area contributed by atoms with Gasteiger partial charge in [-0.3, -0.25) is 4.79 Å². The molecule has 108 valence electrons. The van der Waals surface area contributed by atoms with Crippen molar-refractivity contribution in [1.29, 1.82) is 0 Å². The quantitative estimate of drug-likeness (QED) is 0.481. The largest absolute Gasteiger partial charge is 0.480 e. The van der Waals surface area contributed by atoms with E-state index >= 15 is 0 Å². The van der Waals surface area contributed by atoms with Gasteiger partial charge >= 0.3 is 12.0 Å². The summed E-state index contributed by atoms with van der Waals surface area (Å²) in [4.78, 5) is 32.9. The molecule has 3 amide bonds. The van der Waals surface area contributed by atoms with Gasteiger partial charge in [0.25, 0.3) is 0 Å². The first-order chi connectivity index (χ1) is 8.99. The molecule has 8 heteroatoms. The van der Waals surface area contributed by atoms with Gasteiger partial charge in [-0.05, 0) is 19.3 Å². The fourth-order valence-electron chi connectivity index (χ4n) is 1.83. The molecule has 0 aromatic rings. The number of aliphatic carboxylic acids is 1. The summed E-state index contributed by atoms with van der Waals surface area (Å²) in [6.07, 6.45) is 2.40. The molecule has 1 fully saturated rings. The zero-order valence-corrected chi connectivity index (χ0v) is 10.6. The van der Waals surface area contributed by atoms with E-state index in [1.807, 2.05) is 0 Å². The average Bonchev–Trinajstić information content (AvgIpc) is 2.80. The van der Waals surface area contributed by atoms with E-state index in [-0.39, 0.29) is 6.10 Å². The predicted molar refractivity (Wildman–Crippen MR) is 65.4 cm³/mol. The fourth-order valence-corrected chi connectivity index (χ4v) is 1.83. The summed E-state index contributed by atoms with van der Waals surface area (Å²) in [5.41, 5.74) is 4.90. The van der Waals surface area contributed by atoms with Crippen LogP contribution in [0.4, 0.5) is 4.79 Å². The van der Waals surface area contributed by atoms with Crippen molar-refractivity contribution in [2.24, 2.45) is 5.73 Å². The molecule has 0 spiro atoms. The van der Waals surface area contributed by atoms with Gasteiger partial charge in [-0.2, -0.15) is 0 Å². The van der Waals surface area contributed by atoms with E-state index in [4.69, 9.17) is 15.6 Å². The van der Waals surface area contributed by atoms with Gasteiger partial charge in [-0.25, -0.2) is 9.59 Å². The number of ether oxygens (including phenoxy) is 1. The Morgan fingerprint density at radius 3 is 2.68 bits per heavy atom. The van der Waals surface area contributed by atoms with Gasteiger partial charge in [0.15, 0.2) is 0 Å². The van der Waals surface area contributed by atoms with Crippen LogP contribution in [0, 0.1) is 0 Å². The highest BCUT2D eigenvalue weighted by Gasteiger charge is 2.22. The van der Waals surface area contributed by atoms with Crippen LogP contribution in [-0.4, -0.2) is 48.3 Å². The second kappa shape index (κ2) is 7.57. The molecule has 19 heavy (non-hydrogen) atoms. The first-order valence-electron chi connectivity index (χ1n) is 6.16. The molecule has 2 atom stereocenters. The molecule has 1 unspecified atom stereocenters. The minimum Gasteiger partial charge on any atom is -0.480 e. The monoisotopic (exact) mass is 273 g/mol. The second-order valence-electron chi connectivity index (χ2n) is 4.39. The Bertz CT molecular complexity index is 341. The molecule has 0 aromatic carbocycles. The maximum atomic E-state index is 11.4. The smallest absolute Gasteiger partial charge is 0.326 e. The standard InChI is InChI=1S/C11H19N3O5/c12-9(15)6-8(10(16)17)14-11(18)13-4-3-7-2-1-5-19-7/h7-8H,1-6H2,(H2,12,15)(H,16,17)(H2,13,14,18)/t7?,8-/m0/s1. The van der Waals surface area contributed by atoms with E-state index < -0.39 is 30.4 Å². The number of carboxylic acid groups (broad SMARTS) is 1. The number of rotatable bonds is 7. The molecule has 0 saturated carbocycles. The van der Waals surface area contributed by atoms with Crippen molar-refractivity contribution in [3.63, 3.8) is 0 Å². The lowest BCUT2D eigenvalue weighted by atomic mass is 10.2. The number of carbonyl (C=O) groups excluding carboxylic acids is 2. The number of hydrogen-bond acceptors (Lipinski definition) is 4. The summed E-state index contributed by atoms with van der Waals surface area (Å²) in [5.74, 6) is -2.08.